The molecule has 1 aliphatic heterocycles. The van der Waals surface area contributed by atoms with Crippen molar-refractivity contribution >= 4 is 45.3 Å². The van der Waals surface area contributed by atoms with Crippen LogP contribution < -0.4 is 5.32 Å². The van der Waals surface area contributed by atoms with Crippen molar-refractivity contribution in [3.05, 3.63) is 28.2 Å². The van der Waals surface area contributed by atoms with Crippen molar-refractivity contribution in [2.45, 2.75) is 45.4 Å². The third-order valence-corrected chi connectivity index (χ3v) is 5.90. The van der Waals surface area contributed by atoms with Gasteiger partial charge < -0.3 is 10.1 Å². The first-order chi connectivity index (χ1) is 13.9. The minimum Gasteiger partial charge on any atom is -0.462 e. The number of imide groups is 1. The van der Waals surface area contributed by atoms with Gasteiger partial charge in [0.15, 0.2) is 0 Å². The monoisotopic (exact) mass is 464 g/mol. The summed E-state index contributed by atoms with van der Waals surface area (Å²) in [5, 5.41) is 2.70. The topological polar surface area (TPSA) is 92.8 Å². The van der Waals surface area contributed by atoms with Gasteiger partial charge in [0.25, 0.3) is 0 Å². The second-order valence-electron chi connectivity index (χ2n) is 7.45. The molecule has 3 amide bonds. The largest absolute Gasteiger partial charge is 0.462 e. The highest BCUT2D eigenvalue weighted by molar-refractivity contribution is 9.10. The molecule has 0 bridgehead atoms. The van der Waals surface area contributed by atoms with Gasteiger partial charge in [0.1, 0.15) is 0 Å². The van der Waals surface area contributed by atoms with E-state index in [2.05, 4.69) is 21.2 Å². The third kappa shape index (κ3) is 4.86. The van der Waals surface area contributed by atoms with E-state index in [4.69, 9.17) is 4.74 Å². The predicted octanol–water partition coefficient (Wildman–Crippen LogP) is 3.52. The smallest absolute Gasteiger partial charge is 0.340 e. The second-order valence-corrected chi connectivity index (χ2v) is 8.37. The Morgan fingerprint density at radius 3 is 2.45 bits per heavy atom. The van der Waals surface area contributed by atoms with E-state index in [1.807, 2.05) is 6.92 Å². The molecule has 1 aliphatic carbocycles. The highest BCUT2D eigenvalue weighted by atomic mass is 79.9. The lowest BCUT2D eigenvalue weighted by Crippen LogP contribution is -2.34. The van der Waals surface area contributed by atoms with Gasteiger partial charge in [0.05, 0.1) is 29.7 Å². The van der Waals surface area contributed by atoms with Crippen LogP contribution in [0.4, 0.5) is 5.69 Å². The van der Waals surface area contributed by atoms with Crippen LogP contribution in [0.5, 0.6) is 0 Å². The Labute approximate surface area is 178 Å². The van der Waals surface area contributed by atoms with Crippen LogP contribution >= 0.6 is 15.9 Å². The predicted molar refractivity (Wildman–Crippen MR) is 110 cm³/mol. The number of nitrogens with zero attached hydrogens (tertiary/aromatic N) is 1. The summed E-state index contributed by atoms with van der Waals surface area (Å²) >= 11 is 3.32. The summed E-state index contributed by atoms with van der Waals surface area (Å²) in [5.74, 6) is -1.62. The molecule has 1 saturated heterocycles. The van der Waals surface area contributed by atoms with Gasteiger partial charge in [0.2, 0.25) is 17.7 Å². The summed E-state index contributed by atoms with van der Waals surface area (Å²) in [6.07, 6.45) is 4.11. The first-order valence-electron chi connectivity index (χ1n) is 10.0. The minimum atomic E-state index is -0.516. The number of amides is 3. The minimum absolute atomic E-state index is 0.0174. The first-order valence-corrected chi connectivity index (χ1v) is 10.8. The lowest BCUT2D eigenvalue weighted by atomic mass is 9.81. The Morgan fingerprint density at radius 1 is 1.17 bits per heavy atom. The van der Waals surface area contributed by atoms with Crippen LogP contribution in [0.3, 0.4) is 0 Å². The molecule has 156 valence electrons. The number of hydrogen-bond donors (Lipinski definition) is 1. The number of carbonyl (C=O) groups is 4. The summed E-state index contributed by atoms with van der Waals surface area (Å²) in [7, 11) is 0. The van der Waals surface area contributed by atoms with Crippen molar-refractivity contribution in [2.75, 3.05) is 18.5 Å². The molecule has 0 radical (unpaired) electrons. The van der Waals surface area contributed by atoms with Gasteiger partial charge in [-0.15, -0.1) is 0 Å². The number of halogens is 1. The van der Waals surface area contributed by atoms with E-state index in [0.717, 1.165) is 25.7 Å². The lowest BCUT2D eigenvalue weighted by Gasteiger charge is -2.19. The molecule has 1 N–H and O–H groups in total. The van der Waals surface area contributed by atoms with Crippen LogP contribution in [0.2, 0.25) is 0 Å². The van der Waals surface area contributed by atoms with Gasteiger partial charge in [-0.1, -0.05) is 35.7 Å². The van der Waals surface area contributed by atoms with E-state index in [1.54, 1.807) is 18.2 Å². The average molecular weight is 465 g/mol. The molecule has 0 spiro atoms. The standard InChI is InChI=1S/C21H25BrN2O5/c1-2-11-29-21(28)16-12-13(22)7-8-17(16)23-18(25)9-10-24-19(26)14-5-3-4-6-15(14)20(24)27/h7-8,12,14-15H,2-6,9-11H2,1H3,(H,23,25). The zero-order valence-corrected chi connectivity index (χ0v) is 18.0. The molecule has 0 aromatic heterocycles. The van der Waals surface area contributed by atoms with Crippen LogP contribution in [-0.2, 0) is 19.1 Å². The third-order valence-electron chi connectivity index (χ3n) is 5.41. The fraction of sp³-hybridized carbons (Fsp3) is 0.524. The zero-order valence-electron chi connectivity index (χ0n) is 16.4. The van der Waals surface area contributed by atoms with Crippen LogP contribution in [0.1, 0.15) is 55.8 Å². The van der Waals surface area contributed by atoms with E-state index in [-0.39, 0.29) is 48.1 Å². The number of nitrogens with one attached hydrogen (secondary N) is 1. The molecular weight excluding hydrogens is 440 g/mol. The maximum Gasteiger partial charge on any atom is 0.340 e. The summed E-state index contributed by atoms with van der Waals surface area (Å²) in [5.41, 5.74) is 0.590. The number of hydrogen-bond acceptors (Lipinski definition) is 5. The first kappa shape index (κ1) is 21.5. The van der Waals surface area contributed by atoms with Crippen LogP contribution in [-0.4, -0.2) is 41.7 Å². The molecule has 1 aromatic carbocycles. The number of carbonyl (C=O) groups excluding carboxylic acids is 4. The molecule has 7 nitrogen and oxygen atoms in total. The molecule has 29 heavy (non-hydrogen) atoms. The second kappa shape index (κ2) is 9.52. The van der Waals surface area contributed by atoms with Crippen molar-refractivity contribution in [1.82, 2.24) is 4.90 Å². The SMILES string of the molecule is CCCOC(=O)c1cc(Br)ccc1NC(=O)CCN1C(=O)C2CCCCC2C1=O. The maximum absolute atomic E-state index is 12.5. The Morgan fingerprint density at radius 2 is 1.83 bits per heavy atom. The fourth-order valence-electron chi connectivity index (χ4n) is 3.94. The molecule has 1 heterocycles. The van der Waals surface area contributed by atoms with Crippen molar-refractivity contribution in [1.29, 1.82) is 0 Å². The highest BCUT2D eigenvalue weighted by Gasteiger charge is 2.47. The molecular formula is C21H25BrN2O5. The molecule has 2 unspecified atom stereocenters. The van der Waals surface area contributed by atoms with Crippen molar-refractivity contribution < 1.29 is 23.9 Å². The molecule has 2 atom stereocenters. The molecule has 2 fully saturated rings. The summed E-state index contributed by atoms with van der Waals surface area (Å²) in [4.78, 5) is 51.0. The van der Waals surface area contributed by atoms with Crippen LogP contribution in [0.15, 0.2) is 22.7 Å². The normalized spacial score (nSPS) is 21.1. The van der Waals surface area contributed by atoms with E-state index in [0.29, 0.717) is 23.2 Å². The van der Waals surface area contributed by atoms with E-state index in [9.17, 15) is 19.2 Å². The number of esters is 1. The number of benzene rings is 1. The molecule has 1 saturated carbocycles. The van der Waals surface area contributed by atoms with Crippen LogP contribution in [0.25, 0.3) is 0 Å². The van der Waals surface area contributed by atoms with Crippen molar-refractivity contribution in [2.24, 2.45) is 11.8 Å². The van der Waals surface area contributed by atoms with Crippen molar-refractivity contribution in [3.8, 4) is 0 Å². The van der Waals surface area contributed by atoms with Gasteiger partial charge in [-0.25, -0.2) is 4.79 Å². The number of ether oxygens (including phenoxy) is 1. The van der Waals surface area contributed by atoms with Gasteiger partial charge in [-0.05, 0) is 37.5 Å². The fourth-order valence-corrected chi connectivity index (χ4v) is 4.31. The number of fused-ring (bicyclic) bond motifs is 1. The Kier molecular flexibility index (Phi) is 7.05. The average Bonchev–Trinajstić information content (AvgIpc) is 2.96. The number of rotatable bonds is 7. The van der Waals surface area contributed by atoms with Gasteiger partial charge in [-0.2, -0.15) is 0 Å². The van der Waals surface area contributed by atoms with Gasteiger partial charge in [-0.3, -0.25) is 19.3 Å². The quantitative estimate of drug-likeness (QED) is 0.492. The van der Waals surface area contributed by atoms with E-state index < -0.39 is 5.97 Å². The molecule has 1 aromatic rings. The Bertz CT molecular complexity index is 801. The summed E-state index contributed by atoms with van der Waals surface area (Å²) in [6, 6.07) is 4.92. The van der Waals surface area contributed by atoms with Crippen LogP contribution in [0, 0.1) is 11.8 Å². The maximum atomic E-state index is 12.5. The number of anilines is 1. The molecule has 2 aliphatic rings. The molecule has 8 heteroatoms. The zero-order chi connectivity index (χ0) is 21.0. The number of likely N-dealkylation sites (tertiary alicyclic amines) is 1. The summed E-state index contributed by atoms with van der Waals surface area (Å²) in [6.45, 7) is 2.25. The van der Waals surface area contributed by atoms with E-state index >= 15 is 0 Å². The Balaban J connectivity index is 1.62. The lowest BCUT2D eigenvalue weighted by molar-refractivity contribution is -0.140. The summed E-state index contributed by atoms with van der Waals surface area (Å²) < 4.78 is 5.86. The molecule has 3 rings (SSSR count). The highest BCUT2D eigenvalue weighted by Crippen LogP contribution is 2.38. The van der Waals surface area contributed by atoms with E-state index in [1.165, 1.54) is 4.90 Å². The van der Waals surface area contributed by atoms with Gasteiger partial charge in [0, 0.05) is 17.4 Å². The Hall–Kier alpha value is -2.22. The van der Waals surface area contributed by atoms with Gasteiger partial charge >= 0.3 is 5.97 Å². The van der Waals surface area contributed by atoms with Crippen molar-refractivity contribution in [3.63, 3.8) is 0 Å².